The average molecular weight is 392 g/mol. The zero-order chi connectivity index (χ0) is 19.5. The van der Waals surface area contributed by atoms with Crippen molar-refractivity contribution in [3.63, 3.8) is 0 Å². The van der Waals surface area contributed by atoms with Gasteiger partial charge in [0.05, 0.1) is 25.5 Å². The first-order chi connectivity index (χ1) is 13.7. The van der Waals surface area contributed by atoms with Crippen LogP contribution in [0.1, 0.15) is 10.6 Å². The molecule has 140 valence electrons. The molecule has 1 aliphatic rings. The standard InChI is InChI=1S/C21H16N2O4S/c1-24-16-5-3-14(19(9-16)25-2)7-15(10-22)21-23-17(11-28-21)13-4-6-18-20(8-13)27-12-26-18/h3-9,11H,12H2,1-2H3/b15-7+. The van der Waals surface area contributed by atoms with E-state index in [-0.39, 0.29) is 6.79 Å². The number of ether oxygens (including phenoxy) is 4. The van der Waals surface area contributed by atoms with Crippen LogP contribution >= 0.6 is 11.3 Å². The molecule has 7 heteroatoms. The molecule has 2 heterocycles. The summed E-state index contributed by atoms with van der Waals surface area (Å²) in [5.41, 5.74) is 2.92. The van der Waals surface area contributed by atoms with Crippen molar-refractivity contribution in [2.75, 3.05) is 21.0 Å². The fourth-order valence-electron chi connectivity index (χ4n) is 2.82. The third-order valence-electron chi connectivity index (χ3n) is 4.26. The molecular formula is C21H16N2O4S. The summed E-state index contributed by atoms with van der Waals surface area (Å²) in [6.45, 7) is 0.228. The van der Waals surface area contributed by atoms with Crippen molar-refractivity contribution >= 4 is 23.0 Å². The smallest absolute Gasteiger partial charge is 0.231 e. The molecule has 3 aromatic rings. The molecule has 0 saturated heterocycles. The first-order valence-corrected chi connectivity index (χ1v) is 9.29. The van der Waals surface area contributed by atoms with E-state index in [0.29, 0.717) is 27.8 Å². The van der Waals surface area contributed by atoms with E-state index >= 15 is 0 Å². The van der Waals surface area contributed by atoms with Crippen LogP contribution in [0.2, 0.25) is 0 Å². The highest BCUT2D eigenvalue weighted by molar-refractivity contribution is 7.11. The van der Waals surface area contributed by atoms with E-state index < -0.39 is 0 Å². The van der Waals surface area contributed by atoms with Crippen molar-refractivity contribution in [2.45, 2.75) is 0 Å². The fourth-order valence-corrected chi connectivity index (χ4v) is 3.62. The molecule has 2 aromatic carbocycles. The molecule has 28 heavy (non-hydrogen) atoms. The quantitative estimate of drug-likeness (QED) is 0.590. The molecule has 1 aliphatic heterocycles. The number of benzene rings is 2. The van der Waals surface area contributed by atoms with Crippen LogP contribution in [0.3, 0.4) is 0 Å². The van der Waals surface area contributed by atoms with Crippen LogP contribution in [0, 0.1) is 11.3 Å². The Labute approximate surface area is 166 Å². The second-order valence-electron chi connectivity index (χ2n) is 5.88. The molecule has 0 radical (unpaired) electrons. The van der Waals surface area contributed by atoms with E-state index in [0.717, 1.165) is 22.6 Å². The molecule has 0 unspecified atom stereocenters. The van der Waals surface area contributed by atoms with Crippen LogP contribution in [0.15, 0.2) is 41.8 Å². The lowest BCUT2D eigenvalue weighted by Gasteiger charge is -2.07. The van der Waals surface area contributed by atoms with Crippen LogP contribution in [0.5, 0.6) is 23.0 Å². The zero-order valence-electron chi connectivity index (χ0n) is 15.3. The molecular weight excluding hydrogens is 376 g/mol. The third kappa shape index (κ3) is 3.38. The van der Waals surface area contributed by atoms with Gasteiger partial charge in [-0.15, -0.1) is 11.3 Å². The first kappa shape index (κ1) is 17.9. The van der Waals surface area contributed by atoms with Crippen molar-refractivity contribution in [2.24, 2.45) is 0 Å². The minimum Gasteiger partial charge on any atom is -0.497 e. The highest BCUT2D eigenvalue weighted by Gasteiger charge is 2.16. The van der Waals surface area contributed by atoms with Gasteiger partial charge >= 0.3 is 0 Å². The van der Waals surface area contributed by atoms with E-state index in [9.17, 15) is 5.26 Å². The maximum Gasteiger partial charge on any atom is 0.231 e. The van der Waals surface area contributed by atoms with E-state index in [1.807, 2.05) is 35.7 Å². The van der Waals surface area contributed by atoms with Gasteiger partial charge in [0.2, 0.25) is 6.79 Å². The van der Waals surface area contributed by atoms with E-state index in [1.165, 1.54) is 11.3 Å². The SMILES string of the molecule is COc1ccc(/C=C(\C#N)c2nc(-c3ccc4c(c3)OCO4)cs2)c(OC)c1. The van der Waals surface area contributed by atoms with Gasteiger partial charge in [0, 0.05) is 22.6 Å². The van der Waals surface area contributed by atoms with Crippen LogP contribution in [0.25, 0.3) is 22.9 Å². The van der Waals surface area contributed by atoms with Crippen molar-refractivity contribution in [3.8, 4) is 40.3 Å². The van der Waals surface area contributed by atoms with Gasteiger partial charge in [-0.05, 0) is 36.4 Å². The summed E-state index contributed by atoms with van der Waals surface area (Å²) in [7, 11) is 3.18. The lowest BCUT2D eigenvalue weighted by atomic mass is 10.1. The van der Waals surface area contributed by atoms with Crippen LogP contribution in [-0.2, 0) is 0 Å². The van der Waals surface area contributed by atoms with Crippen LogP contribution in [0.4, 0.5) is 0 Å². The number of nitriles is 1. The Morgan fingerprint density at radius 1 is 1.14 bits per heavy atom. The second kappa shape index (κ2) is 7.62. The third-order valence-corrected chi connectivity index (χ3v) is 5.14. The normalized spacial score (nSPS) is 12.5. The number of methoxy groups -OCH3 is 2. The molecule has 0 amide bonds. The summed E-state index contributed by atoms with van der Waals surface area (Å²) in [5, 5.41) is 12.2. The summed E-state index contributed by atoms with van der Waals surface area (Å²) < 4.78 is 21.4. The van der Waals surface area contributed by atoms with Crippen molar-refractivity contribution < 1.29 is 18.9 Å². The summed E-state index contributed by atoms with van der Waals surface area (Å²) >= 11 is 1.41. The number of aromatic nitrogens is 1. The Balaban J connectivity index is 1.67. The first-order valence-electron chi connectivity index (χ1n) is 8.41. The predicted octanol–water partition coefficient (Wildman–Crippen LogP) is 4.62. The van der Waals surface area contributed by atoms with Crippen molar-refractivity contribution in [1.82, 2.24) is 4.98 Å². The van der Waals surface area contributed by atoms with E-state index in [2.05, 4.69) is 11.1 Å². The Hall–Kier alpha value is -3.50. The molecule has 6 nitrogen and oxygen atoms in total. The summed E-state index contributed by atoms with van der Waals surface area (Å²) in [6.07, 6.45) is 1.76. The average Bonchev–Trinajstić information content (AvgIpc) is 3.40. The number of rotatable bonds is 5. The maximum absolute atomic E-state index is 9.66. The Kier molecular flexibility index (Phi) is 4.87. The highest BCUT2D eigenvalue weighted by Crippen LogP contribution is 2.37. The largest absolute Gasteiger partial charge is 0.497 e. The molecule has 0 saturated carbocycles. The molecule has 0 atom stereocenters. The van der Waals surface area contributed by atoms with E-state index in [4.69, 9.17) is 18.9 Å². The molecule has 0 spiro atoms. The van der Waals surface area contributed by atoms with Gasteiger partial charge in [0.15, 0.2) is 11.5 Å². The number of hydrogen-bond donors (Lipinski definition) is 0. The summed E-state index contributed by atoms with van der Waals surface area (Å²) in [4.78, 5) is 4.63. The summed E-state index contributed by atoms with van der Waals surface area (Å²) in [5.74, 6) is 2.74. The van der Waals surface area contributed by atoms with E-state index in [1.54, 1.807) is 26.4 Å². The fraction of sp³-hybridized carbons (Fsp3) is 0.143. The monoisotopic (exact) mass is 392 g/mol. The van der Waals surface area contributed by atoms with Crippen LogP contribution in [-0.4, -0.2) is 26.0 Å². The topological polar surface area (TPSA) is 73.6 Å². The van der Waals surface area contributed by atoms with Gasteiger partial charge in [-0.25, -0.2) is 4.98 Å². The lowest BCUT2D eigenvalue weighted by molar-refractivity contribution is 0.174. The lowest BCUT2D eigenvalue weighted by Crippen LogP contribution is -1.92. The predicted molar refractivity (Wildman–Crippen MR) is 107 cm³/mol. The number of hydrogen-bond acceptors (Lipinski definition) is 7. The molecule has 0 bridgehead atoms. The van der Waals surface area contributed by atoms with Gasteiger partial charge in [-0.3, -0.25) is 0 Å². The number of allylic oxidation sites excluding steroid dienone is 1. The number of fused-ring (bicyclic) bond motifs is 1. The second-order valence-corrected chi connectivity index (χ2v) is 6.74. The maximum atomic E-state index is 9.66. The number of nitrogens with zero attached hydrogens (tertiary/aromatic N) is 2. The molecule has 0 N–H and O–H groups in total. The van der Waals surface area contributed by atoms with Crippen LogP contribution < -0.4 is 18.9 Å². The molecule has 0 fully saturated rings. The Bertz CT molecular complexity index is 1100. The van der Waals surface area contributed by atoms with Crippen molar-refractivity contribution in [3.05, 3.63) is 52.3 Å². The zero-order valence-corrected chi connectivity index (χ0v) is 16.1. The van der Waals surface area contributed by atoms with Gasteiger partial charge in [0.25, 0.3) is 0 Å². The minimum atomic E-state index is 0.228. The van der Waals surface area contributed by atoms with Gasteiger partial charge in [-0.1, -0.05) is 0 Å². The Morgan fingerprint density at radius 3 is 2.79 bits per heavy atom. The number of thiazole rings is 1. The van der Waals surface area contributed by atoms with Gasteiger partial charge in [-0.2, -0.15) is 5.26 Å². The van der Waals surface area contributed by atoms with Gasteiger partial charge < -0.3 is 18.9 Å². The Morgan fingerprint density at radius 2 is 2.00 bits per heavy atom. The molecule has 1 aromatic heterocycles. The molecule has 0 aliphatic carbocycles. The summed E-state index contributed by atoms with van der Waals surface area (Å²) in [6, 6.07) is 13.4. The van der Waals surface area contributed by atoms with Gasteiger partial charge in [0.1, 0.15) is 22.6 Å². The minimum absolute atomic E-state index is 0.228. The highest BCUT2D eigenvalue weighted by atomic mass is 32.1. The molecule has 4 rings (SSSR count). The van der Waals surface area contributed by atoms with Crippen molar-refractivity contribution in [1.29, 1.82) is 5.26 Å².